The smallest absolute Gasteiger partial charge is 0.243 e. The van der Waals surface area contributed by atoms with E-state index in [9.17, 15) is 9.00 Å². The zero-order valence-corrected chi connectivity index (χ0v) is 13.0. The normalized spacial score (nSPS) is 17.1. The van der Waals surface area contributed by atoms with Gasteiger partial charge in [0, 0.05) is 19.8 Å². The van der Waals surface area contributed by atoms with Crippen molar-refractivity contribution in [2.24, 2.45) is 4.40 Å². The van der Waals surface area contributed by atoms with Crippen LogP contribution in [0.1, 0.15) is 5.56 Å². The van der Waals surface area contributed by atoms with Crippen LogP contribution < -0.4 is 4.72 Å². The Morgan fingerprint density at radius 1 is 1.38 bits per heavy atom. The zero-order valence-electron chi connectivity index (χ0n) is 11.4. The first-order valence-corrected chi connectivity index (χ1v) is 7.84. The Morgan fingerprint density at radius 3 is 2.86 bits per heavy atom. The summed E-state index contributed by atoms with van der Waals surface area (Å²) in [5, 5.41) is 0. The van der Waals surface area contributed by atoms with Gasteiger partial charge in [0.25, 0.3) is 0 Å². The predicted octanol–water partition coefficient (Wildman–Crippen LogP) is 1.61. The fraction of sp³-hybridized carbons (Fsp3) is 0.154. The second-order valence-corrected chi connectivity index (χ2v) is 5.76. The minimum absolute atomic E-state index is 0.261. The Hall–Kier alpha value is -1.90. The van der Waals surface area contributed by atoms with E-state index in [2.05, 4.69) is 18.8 Å². The lowest BCUT2D eigenvalue weighted by Crippen LogP contribution is -2.22. The third-order valence-electron chi connectivity index (χ3n) is 2.43. The summed E-state index contributed by atoms with van der Waals surface area (Å²) in [6, 6.07) is 5.68. The second-order valence-electron chi connectivity index (χ2n) is 3.99. The molecule has 21 heavy (non-hydrogen) atoms. The maximum absolute atomic E-state index is 11.4. The van der Waals surface area contributed by atoms with Crippen molar-refractivity contribution in [1.29, 1.82) is 0 Å². The molecule has 0 saturated heterocycles. The topological polar surface area (TPSA) is 80.7 Å². The van der Waals surface area contributed by atoms with Crippen molar-refractivity contribution in [1.82, 2.24) is 9.71 Å². The SMILES string of the molecule is COC.O=CC1=CC(c2ccc3scnc3c2)=NS(=O)N1. The fourth-order valence-corrected chi connectivity index (χ4v) is 2.98. The van der Waals surface area contributed by atoms with E-state index in [1.165, 1.54) is 0 Å². The lowest BCUT2D eigenvalue weighted by atomic mass is 10.1. The van der Waals surface area contributed by atoms with Crippen molar-refractivity contribution in [3.05, 3.63) is 41.0 Å². The predicted molar refractivity (Wildman–Crippen MR) is 84.5 cm³/mol. The monoisotopic (exact) mass is 323 g/mol. The first-order valence-electron chi connectivity index (χ1n) is 5.85. The van der Waals surface area contributed by atoms with Crippen molar-refractivity contribution in [3.8, 4) is 0 Å². The molecule has 0 spiro atoms. The highest BCUT2D eigenvalue weighted by Crippen LogP contribution is 2.20. The number of carbonyl (C=O) groups is 1. The van der Waals surface area contributed by atoms with Gasteiger partial charge in [-0.3, -0.25) is 9.52 Å². The molecule has 110 valence electrons. The third kappa shape index (κ3) is 3.81. The van der Waals surface area contributed by atoms with Gasteiger partial charge in [-0.15, -0.1) is 11.3 Å². The van der Waals surface area contributed by atoms with E-state index >= 15 is 0 Å². The Kier molecular flexibility index (Phi) is 5.32. The van der Waals surface area contributed by atoms with E-state index in [0.717, 1.165) is 15.8 Å². The minimum atomic E-state index is -1.60. The van der Waals surface area contributed by atoms with Gasteiger partial charge in [-0.25, -0.2) is 9.19 Å². The molecule has 1 atom stereocenters. The van der Waals surface area contributed by atoms with Crippen molar-refractivity contribution in [2.45, 2.75) is 0 Å². The molecule has 1 N–H and O–H groups in total. The van der Waals surface area contributed by atoms with Gasteiger partial charge in [0.2, 0.25) is 11.2 Å². The minimum Gasteiger partial charge on any atom is -0.388 e. The highest BCUT2D eigenvalue weighted by atomic mass is 32.2. The second kappa shape index (κ2) is 7.21. The van der Waals surface area contributed by atoms with Crippen molar-refractivity contribution < 1.29 is 13.7 Å². The average Bonchev–Trinajstić information content (AvgIpc) is 2.94. The number of hydrogen-bond acceptors (Lipinski definition) is 5. The molecular formula is C13H13N3O3S2. The van der Waals surface area contributed by atoms with Crippen LogP contribution in [-0.4, -0.2) is 35.4 Å². The summed E-state index contributed by atoms with van der Waals surface area (Å²) in [4.78, 5) is 14.9. The quantitative estimate of drug-likeness (QED) is 0.852. The molecule has 1 aliphatic rings. The molecule has 0 fully saturated rings. The molecule has 1 aromatic carbocycles. The first-order chi connectivity index (χ1) is 10.2. The summed E-state index contributed by atoms with van der Waals surface area (Å²) in [5.74, 6) is 0. The molecule has 0 amide bonds. The van der Waals surface area contributed by atoms with Gasteiger partial charge in [-0.05, 0) is 18.2 Å². The van der Waals surface area contributed by atoms with Crippen LogP contribution in [0.4, 0.5) is 0 Å². The average molecular weight is 323 g/mol. The highest BCUT2D eigenvalue weighted by molar-refractivity contribution is 7.82. The van der Waals surface area contributed by atoms with E-state index in [1.54, 1.807) is 37.1 Å². The Labute approximate surface area is 128 Å². The van der Waals surface area contributed by atoms with E-state index in [4.69, 9.17) is 0 Å². The zero-order chi connectivity index (χ0) is 15.2. The van der Waals surface area contributed by atoms with Gasteiger partial charge in [0.15, 0.2) is 6.29 Å². The molecule has 6 nitrogen and oxygen atoms in total. The van der Waals surface area contributed by atoms with Crippen LogP contribution in [0.3, 0.4) is 0 Å². The van der Waals surface area contributed by atoms with Crippen molar-refractivity contribution in [2.75, 3.05) is 14.2 Å². The van der Waals surface area contributed by atoms with Crippen molar-refractivity contribution in [3.63, 3.8) is 0 Å². The van der Waals surface area contributed by atoms with Crippen LogP contribution in [0.15, 0.2) is 39.9 Å². The fourth-order valence-electron chi connectivity index (χ4n) is 1.63. The van der Waals surface area contributed by atoms with Gasteiger partial charge < -0.3 is 4.74 Å². The number of aldehydes is 1. The number of ether oxygens (including phenoxy) is 1. The molecular weight excluding hydrogens is 310 g/mol. The van der Waals surface area contributed by atoms with Crippen LogP contribution in [0, 0.1) is 0 Å². The standard InChI is InChI=1S/C11H7N3O2S2.C2H6O/c15-5-8-4-9(14-18(16)13-8)7-1-2-11-10(3-7)12-6-17-11;1-3-2/h1-6,13H;1-2H3. The van der Waals surface area contributed by atoms with Gasteiger partial charge in [-0.1, -0.05) is 6.07 Å². The summed E-state index contributed by atoms with van der Waals surface area (Å²) in [6.45, 7) is 0. The first kappa shape index (κ1) is 15.5. The number of nitrogens with one attached hydrogen (secondary N) is 1. The molecule has 1 aromatic heterocycles. The highest BCUT2D eigenvalue weighted by Gasteiger charge is 2.13. The summed E-state index contributed by atoms with van der Waals surface area (Å²) >= 11 is -0.0508. The number of benzene rings is 1. The number of thiazole rings is 1. The van der Waals surface area contributed by atoms with Gasteiger partial charge in [0.1, 0.15) is 0 Å². The van der Waals surface area contributed by atoms with Gasteiger partial charge in [-0.2, -0.15) is 4.40 Å². The van der Waals surface area contributed by atoms with E-state index < -0.39 is 11.2 Å². The maximum atomic E-state index is 11.4. The number of allylic oxidation sites excluding steroid dienone is 2. The molecule has 2 heterocycles. The van der Waals surface area contributed by atoms with E-state index in [0.29, 0.717) is 12.0 Å². The Morgan fingerprint density at radius 2 is 2.14 bits per heavy atom. The van der Waals surface area contributed by atoms with Crippen LogP contribution >= 0.6 is 11.3 Å². The molecule has 0 radical (unpaired) electrons. The van der Waals surface area contributed by atoms with Crippen LogP contribution in [-0.2, 0) is 20.7 Å². The Bertz CT molecular complexity index is 737. The number of carbonyl (C=O) groups excluding carboxylic acids is 1. The maximum Gasteiger partial charge on any atom is 0.243 e. The lowest BCUT2D eigenvalue weighted by molar-refractivity contribution is -0.105. The molecule has 0 bridgehead atoms. The molecule has 8 heteroatoms. The van der Waals surface area contributed by atoms with E-state index in [-0.39, 0.29) is 5.70 Å². The van der Waals surface area contributed by atoms with Gasteiger partial charge in [0.05, 0.1) is 27.1 Å². The molecule has 1 unspecified atom stereocenters. The summed E-state index contributed by atoms with van der Waals surface area (Å²) < 4.78 is 23.2. The molecule has 0 aliphatic carbocycles. The number of nitrogens with zero attached hydrogens (tertiary/aromatic N) is 2. The molecule has 3 rings (SSSR count). The van der Waals surface area contributed by atoms with E-state index in [1.807, 2.05) is 18.2 Å². The number of aromatic nitrogens is 1. The third-order valence-corrected chi connectivity index (χ3v) is 4.01. The number of hydrogen-bond donors (Lipinski definition) is 1. The van der Waals surface area contributed by atoms with Crippen LogP contribution in [0.2, 0.25) is 0 Å². The summed E-state index contributed by atoms with van der Waals surface area (Å²) in [6.07, 6.45) is 2.19. The number of fused-ring (bicyclic) bond motifs is 1. The Balaban J connectivity index is 0.000000497. The number of rotatable bonds is 2. The number of methoxy groups -OCH3 is 1. The van der Waals surface area contributed by atoms with Gasteiger partial charge >= 0.3 is 0 Å². The summed E-state index contributed by atoms with van der Waals surface area (Å²) in [5.41, 5.74) is 4.21. The van der Waals surface area contributed by atoms with Crippen molar-refractivity contribution >= 4 is 44.7 Å². The summed E-state index contributed by atoms with van der Waals surface area (Å²) in [7, 11) is 3.25. The molecule has 0 saturated carbocycles. The van der Waals surface area contributed by atoms with Crippen LogP contribution in [0.25, 0.3) is 10.2 Å². The lowest BCUT2D eigenvalue weighted by Gasteiger charge is -2.10. The van der Waals surface area contributed by atoms with Crippen LogP contribution in [0.5, 0.6) is 0 Å². The molecule has 2 aromatic rings. The largest absolute Gasteiger partial charge is 0.388 e. The molecule has 1 aliphatic heterocycles.